The number of halogens is 1. The first-order valence-electron chi connectivity index (χ1n) is 8.60. The third-order valence-electron chi connectivity index (χ3n) is 4.63. The van der Waals surface area contributed by atoms with E-state index in [9.17, 15) is 9.59 Å². The molecule has 0 spiro atoms. The fraction of sp³-hybridized carbons (Fsp3) is 0.400. The number of Topliss-reactive ketones (excluding diaryl/α,β-unsaturated/α-hetero) is 1. The van der Waals surface area contributed by atoms with Crippen molar-refractivity contribution in [2.75, 3.05) is 6.61 Å². The average Bonchev–Trinajstić information content (AvgIpc) is 2.52. The number of carbonyl (C=O) groups is 2. The molecular weight excluding hydrogens is 398 g/mol. The second-order valence-electron chi connectivity index (χ2n) is 7.37. The van der Waals surface area contributed by atoms with Gasteiger partial charge in [-0.25, -0.2) is 4.79 Å². The van der Waals surface area contributed by atoms with E-state index in [0.717, 1.165) is 10.0 Å². The van der Waals surface area contributed by atoms with Gasteiger partial charge in [0.25, 0.3) is 0 Å². The van der Waals surface area contributed by atoms with Gasteiger partial charge in [-0.1, -0.05) is 41.9 Å². The predicted octanol–water partition coefficient (Wildman–Crippen LogP) is 3.94. The topological polar surface area (TPSA) is 78.6 Å². The number of allylic oxidation sites excluding steroid dienone is 2. The van der Waals surface area contributed by atoms with Crippen molar-refractivity contribution >= 4 is 27.7 Å². The van der Waals surface area contributed by atoms with E-state index in [1.165, 1.54) is 0 Å². The second kappa shape index (κ2) is 6.91. The van der Waals surface area contributed by atoms with Crippen molar-refractivity contribution in [1.82, 2.24) is 0 Å². The first-order valence-corrected chi connectivity index (χ1v) is 9.39. The maximum atomic E-state index is 13.0. The Morgan fingerprint density at radius 3 is 2.77 bits per heavy atom. The molecule has 3 rings (SSSR count). The molecule has 6 heteroatoms. The number of ether oxygens (including phenoxy) is 2. The van der Waals surface area contributed by atoms with Crippen LogP contribution in [0.3, 0.4) is 0 Å². The Hall–Kier alpha value is -2.08. The Kier molecular flexibility index (Phi) is 4.97. The smallest absolute Gasteiger partial charge is 0.340 e. The molecule has 0 saturated carbocycles. The third-order valence-corrected chi connectivity index (χ3v) is 5.13. The SMILES string of the molecule is CCOC(=O)C1=C(N)OC2=C(C(=O)CC(C)(C)C2)C1c1cccc(Br)c1. The highest BCUT2D eigenvalue weighted by molar-refractivity contribution is 9.10. The van der Waals surface area contributed by atoms with Crippen molar-refractivity contribution in [2.24, 2.45) is 11.1 Å². The molecule has 0 saturated heterocycles. The van der Waals surface area contributed by atoms with Crippen molar-refractivity contribution in [3.63, 3.8) is 0 Å². The summed E-state index contributed by atoms with van der Waals surface area (Å²) >= 11 is 3.46. The molecule has 1 unspecified atom stereocenters. The van der Waals surface area contributed by atoms with Gasteiger partial charge in [0.2, 0.25) is 5.88 Å². The van der Waals surface area contributed by atoms with Gasteiger partial charge in [-0.05, 0) is 30.0 Å². The standard InChI is InChI=1S/C20H22BrNO4/c1-4-25-19(24)17-15(11-6-5-7-12(21)8-11)16-13(23)9-20(2,3)10-14(16)26-18(17)22/h5-8,15H,4,9-10,22H2,1-3H3. The highest BCUT2D eigenvalue weighted by Gasteiger charge is 2.45. The van der Waals surface area contributed by atoms with E-state index >= 15 is 0 Å². The molecule has 2 aliphatic rings. The second-order valence-corrected chi connectivity index (χ2v) is 8.28. The summed E-state index contributed by atoms with van der Waals surface area (Å²) in [6.07, 6.45) is 0.991. The Labute approximate surface area is 161 Å². The van der Waals surface area contributed by atoms with Crippen LogP contribution in [0.2, 0.25) is 0 Å². The van der Waals surface area contributed by atoms with Gasteiger partial charge in [-0.3, -0.25) is 4.79 Å². The number of carbonyl (C=O) groups excluding carboxylic acids is 2. The average molecular weight is 420 g/mol. The lowest BCUT2D eigenvalue weighted by atomic mass is 9.70. The maximum absolute atomic E-state index is 13.0. The summed E-state index contributed by atoms with van der Waals surface area (Å²) in [5.74, 6) is -0.590. The van der Waals surface area contributed by atoms with Crippen molar-refractivity contribution in [3.8, 4) is 0 Å². The van der Waals surface area contributed by atoms with Gasteiger partial charge in [-0.15, -0.1) is 0 Å². The quantitative estimate of drug-likeness (QED) is 0.750. The molecule has 1 aliphatic heterocycles. The van der Waals surface area contributed by atoms with Crippen molar-refractivity contribution in [2.45, 2.75) is 39.5 Å². The van der Waals surface area contributed by atoms with Crippen molar-refractivity contribution in [3.05, 3.63) is 57.1 Å². The normalized spacial score (nSPS) is 22.0. The Balaban J connectivity index is 2.18. The van der Waals surface area contributed by atoms with E-state index in [1.807, 2.05) is 38.1 Å². The number of nitrogens with two attached hydrogens (primary N) is 1. The van der Waals surface area contributed by atoms with Crippen LogP contribution in [0.25, 0.3) is 0 Å². The zero-order valence-electron chi connectivity index (χ0n) is 15.1. The Bertz CT molecular complexity index is 838. The summed E-state index contributed by atoms with van der Waals surface area (Å²) in [5.41, 5.74) is 7.41. The number of ketones is 1. The van der Waals surface area contributed by atoms with Gasteiger partial charge in [-0.2, -0.15) is 0 Å². The fourth-order valence-corrected chi connectivity index (χ4v) is 4.03. The van der Waals surface area contributed by atoms with E-state index in [1.54, 1.807) is 6.92 Å². The summed E-state index contributed by atoms with van der Waals surface area (Å²) in [4.78, 5) is 25.6. The maximum Gasteiger partial charge on any atom is 0.340 e. The summed E-state index contributed by atoms with van der Waals surface area (Å²) in [5, 5.41) is 0. The van der Waals surface area contributed by atoms with Gasteiger partial charge in [0, 0.05) is 22.9 Å². The van der Waals surface area contributed by atoms with Crippen LogP contribution in [-0.2, 0) is 19.1 Å². The van der Waals surface area contributed by atoms with E-state index in [2.05, 4.69) is 15.9 Å². The minimum Gasteiger partial charge on any atom is -0.462 e. The van der Waals surface area contributed by atoms with E-state index in [0.29, 0.717) is 24.2 Å². The third kappa shape index (κ3) is 3.43. The molecule has 1 aliphatic carbocycles. The summed E-state index contributed by atoms with van der Waals surface area (Å²) in [6, 6.07) is 7.53. The first kappa shape index (κ1) is 18.7. The van der Waals surface area contributed by atoms with Gasteiger partial charge in [0.15, 0.2) is 5.78 Å². The molecule has 1 aromatic carbocycles. The van der Waals surface area contributed by atoms with Crippen LogP contribution >= 0.6 is 15.9 Å². The number of hydrogen-bond donors (Lipinski definition) is 1. The van der Waals surface area contributed by atoms with Crippen molar-refractivity contribution < 1.29 is 19.1 Å². The molecule has 0 radical (unpaired) electrons. The van der Waals surface area contributed by atoms with Crippen molar-refractivity contribution in [1.29, 1.82) is 0 Å². The monoisotopic (exact) mass is 419 g/mol. The lowest BCUT2D eigenvalue weighted by molar-refractivity contribution is -0.139. The summed E-state index contributed by atoms with van der Waals surface area (Å²) in [7, 11) is 0. The molecule has 138 valence electrons. The fourth-order valence-electron chi connectivity index (χ4n) is 3.61. The lowest BCUT2D eigenvalue weighted by Gasteiger charge is -2.38. The molecule has 0 fully saturated rings. The highest BCUT2D eigenvalue weighted by atomic mass is 79.9. The molecule has 26 heavy (non-hydrogen) atoms. The predicted molar refractivity (Wildman–Crippen MR) is 101 cm³/mol. The van der Waals surface area contributed by atoms with E-state index in [-0.39, 0.29) is 29.3 Å². The Morgan fingerprint density at radius 2 is 2.12 bits per heavy atom. The largest absolute Gasteiger partial charge is 0.462 e. The van der Waals surface area contributed by atoms with Gasteiger partial charge in [0.05, 0.1) is 12.5 Å². The minimum absolute atomic E-state index is 0.0117. The zero-order valence-corrected chi connectivity index (χ0v) is 16.7. The minimum atomic E-state index is -0.584. The molecule has 0 aromatic heterocycles. The van der Waals surface area contributed by atoms with Crippen LogP contribution in [0.1, 0.15) is 45.1 Å². The number of hydrogen-bond acceptors (Lipinski definition) is 5. The number of esters is 1. The summed E-state index contributed by atoms with van der Waals surface area (Å²) < 4.78 is 11.8. The summed E-state index contributed by atoms with van der Waals surface area (Å²) in [6.45, 7) is 5.99. The van der Waals surface area contributed by atoms with Crippen LogP contribution in [0.5, 0.6) is 0 Å². The molecule has 2 N–H and O–H groups in total. The molecular formula is C20H22BrNO4. The lowest BCUT2D eigenvalue weighted by Crippen LogP contribution is -2.35. The number of rotatable bonds is 3. The van der Waals surface area contributed by atoms with Crippen LogP contribution in [0, 0.1) is 5.41 Å². The van der Waals surface area contributed by atoms with E-state index < -0.39 is 11.9 Å². The van der Waals surface area contributed by atoms with Gasteiger partial charge < -0.3 is 15.2 Å². The van der Waals surface area contributed by atoms with Crippen LogP contribution in [0.15, 0.2) is 51.5 Å². The van der Waals surface area contributed by atoms with E-state index in [4.69, 9.17) is 15.2 Å². The van der Waals surface area contributed by atoms with Crippen LogP contribution in [0.4, 0.5) is 0 Å². The number of benzene rings is 1. The molecule has 0 bridgehead atoms. The molecule has 1 atom stereocenters. The van der Waals surface area contributed by atoms with Gasteiger partial charge >= 0.3 is 5.97 Å². The molecule has 0 amide bonds. The van der Waals surface area contributed by atoms with Gasteiger partial charge in [0.1, 0.15) is 11.3 Å². The zero-order chi connectivity index (χ0) is 19.1. The highest BCUT2D eigenvalue weighted by Crippen LogP contribution is 2.48. The van der Waals surface area contributed by atoms with Crippen LogP contribution < -0.4 is 5.73 Å². The first-order chi connectivity index (χ1) is 12.2. The molecule has 1 aromatic rings. The molecule has 5 nitrogen and oxygen atoms in total. The molecule has 1 heterocycles. The van der Waals surface area contributed by atoms with Crippen LogP contribution in [-0.4, -0.2) is 18.4 Å². The Morgan fingerprint density at radius 1 is 1.38 bits per heavy atom.